The first-order valence-electron chi connectivity index (χ1n) is 10.7. The van der Waals surface area contributed by atoms with Crippen molar-refractivity contribution in [2.75, 3.05) is 0 Å². The van der Waals surface area contributed by atoms with Crippen LogP contribution in [0.5, 0.6) is 0 Å². The van der Waals surface area contributed by atoms with Crippen LogP contribution in [0.2, 0.25) is 10.0 Å². The second-order valence-corrected chi connectivity index (χ2v) is 8.73. The maximum absolute atomic E-state index is 6.16. The molecule has 1 aromatic heterocycles. The van der Waals surface area contributed by atoms with Gasteiger partial charge in [-0.1, -0.05) is 70.8 Å². The largest absolute Gasteiger partial charge is 0.391 e. The lowest BCUT2D eigenvalue weighted by Gasteiger charge is -2.18. The molecule has 3 nitrogen and oxygen atoms in total. The number of hydrogen-bond acceptors (Lipinski definition) is 2. The SMILES string of the molecule is Clc1ccc(CO/N=C2\CCCc3c2cc(-c2ccccc2)n3-c2ccc(Cl)cc2)cc1. The molecule has 0 aliphatic heterocycles. The highest BCUT2D eigenvalue weighted by atomic mass is 35.5. The van der Waals surface area contributed by atoms with E-state index in [9.17, 15) is 0 Å². The Kier molecular flexibility index (Phi) is 6.02. The summed E-state index contributed by atoms with van der Waals surface area (Å²) in [6.07, 6.45) is 2.91. The summed E-state index contributed by atoms with van der Waals surface area (Å²) in [5.41, 5.74) is 7.84. The van der Waals surface area contributed by atoms with Gasteiger partial charge in [-0.3, -0.25) is 0 Å². The fraction of sp³-hybridized carbons (Fsp3) is 0.148. The van der Waals surface area contributed by atoms with Crippen LogP contribution in [-0.4, -0.2) is 10.3 Å². The molecule has 4 aromatic rings. The zero-order valence-corrected chi connectivity index (χ0v) is 19.0. The summed E-state index contributed by atoms with van der Waals surface area (Å²) in [5.74, 6) is 0. The Morgan fingerprint density at radius 2 is 1.50 bits per heavy atom. The lowest BCUT2D eigenvalue weighted by atomic mass is 9.95. The van der Waals surface area contributed by atoms with Crippen molar-refractivity contribution in [3.8, 4) is 16.9 Å². The molecule has 0 radical (unpaired) electrons. The molecule has 32 heavy (non-hydrogen) atoms. The van der Waals surface area contributed by atoms with Gasteiger partial charge in [-0.2, -0.15) is 0 Å². The molecule has 5 rings (SSSR count). The highest BCUT2D eigenvalue weighted by Gasteiger charge is 2.24. The molecular formula is C27H22Cl2N2O. The summed E-state index contributed by atoms with van der Waals surface area (Å²) in [6, 6.07) is 28.3. The number of rotatable bonds is 5. The summed E-state index contributed by atoms with van der Waals surface area (Å²) in [5, 5.41) is 5.99. The minimum atomic E-state index is 0.416. The average molecular weight is 461 g/mol. The van der Waals surface area contributed by atoms with Gasteiger partial charge in [0, 0.05) is 27.0 Å². The number of halogens is 2. The van der Waals surface area contributed by atoms with Crippen LogP contribution in [0.4, 0.5) is 0 Å². The van der Waals surface area contributed by atoms with Gasteiger partial charge in [-0.05, 0) is 72.9 Å². The van der Waals surface area contributed by atoms with Crippen molar-refractivity contribution >= 4 is 28.9 Å². The third kappa shape index (κ3) is 4.32. The maximum Gasteiger partial charge on any atom is 0.142 e. The van der Waals surface area contributed by atoms with E-state index in [0.29, 0.717) is 11.6 Å². The first-order chi connectivity index (χ1) is 15.7. The standard InChI is InChI=1S/C27H22Cl2N2O/c28-21-11-9-19(10-12-21)18-32-30-25-7-4-8-26-24(25)17-27(20-5-2-1-3-6-20)31(26)23-15-13-22(29)14-16-23/h1-3,5-6,9-17H,4,7-8,18H2/b30-25+. The van der Waals surface area contributed by atoms with Crippen molar-refractivity contribution in [1.82, 2.24) is 4.57 Å². The number of fused-ring (bicyclic) bond motifs is 1. The molecule has 0 amide bonds. The predicted octanol–water partition coefficient (Wildman–Crippen LogP) is 7.71. The molecule has 0 bridgehead atoms. The van der Waals surface area contributed by atoms with Crippen molar-refractivity contribution in [2.24, 2.45) is 5.16 Å². The van der Waals surface area contributed by atoms with Crippen LogP contribution >= 0.6 is 23.2 Å². The van der Waals surface area contributed by atoms with Crippen LogP contribution < -0.4 is 0 Å². The Morgan fingerprint density at radius 3 is 2.22 bits per heavy atom. The molecule has 0 atom stereocenters. The molecule has 0 N–H and O–H groups in total. The molecule has 5 heteroatoms. The van der Waals surface area contributed by atoms with Crippen molar-refractivity contribution in [2.45, 2.75) is 25.9 Å². The van der Waals surface area contributed by atoms with Gasteiger partial charge in [0.1, 0.15) is 6.61 Å². The fourth-order valence-electron chi connectivity index (χ4n) is 4.17. The van der Waals surface area contributed by atoms with Crippen molar-refractivity contribution in [3.63, 3.8) is 0 Å². The molecule has 160 valence electrons. The van der Waals surface area contributed by atoms with Crippen LogP contribution in [0.3, 0.4) is 0 Å². The van der Waals surface area contributed by atoms with E-state index in [2.05, 4.69) is 52.2 Å². The van der Waals surface area contributed by atoms with Gasteiger partial charge in [0.05, 0.1) is 11.4 Å². The van der Waals surface area contributed by atoms with Gasteiger partial charge < -0.3 is 9.40 Å². The molecule has 0 saturated heterocycles. The summed E-state index contributed by atoms with van der Waals surface area (Å²) in [7, 11) is 0. The molecule has 1 heterocycles. The third-order valence-electron chi connectivity index (χ3n) is 5.71. The summed E-state index contributed by atoms with van der Waals surface area (Å²) < 4.78 is 2.33. The number of aromatic nitrogens is 1. The normalized spacial score (nSPS) is 14.4. The molecule has 1 aliphatic rings. The minimum absolute atomic E-state index is 0.416. The van der Waals surface area contributed by atoms with E-state index in [0.717, 1.165) is 52.5 Å². The molecule has 0 saturated carbocycles. The molecule has 1 aliphatic carbocycles. The molecule has 3 aromatic carbocycles. The topological polar surface area (TPSA) is 26.5 Å². The Morgan fingerprint density at radius 1 is 0.812 bits per heavy atom. The van der Waals surface area contributed by atoms with E-state index < -0.39 is 0 Å². The van der Waals surface area contributed by atoms with Crippen LogP contribution in [0, 0.1) is 0 Å². The third-order valence-corrected chi connectivity index (χ3v) is 6.22. The molecule has 0 unspecified atom stereocenters. The Bertz CT molecular complexity index is 1240. The zero-order valence-electron chi connectivity index (χ0n) is 17.5. The number of nitrogens with zero attached hydrogens (tertiary/aromatic N) is 2. The van der Waals surface area contributed by atoms with Gasteiger partial charge >= 0.3 is 0 Å². The molecule has 0 spiro atoms. The van der Waals surface area contributed by atoms with Crippen LogP contribution in [0.1, 0.15) is 29.7 Å². The smallest absolute Gasteiger partial charge is 0.142 e. The van der Waals surface area contributed by atoms with Crippen LogP contribution in [0.25, 0.3) is 16.9 Å². The van der Waals surface area contributed by atoms with E-state index in [1.807, 2.05) is 42.5 Å². The Labute approximate surface area is 197 Å². The second-order valence-electron chi connectivity index (χ2n) is 7.86. The Hall–Kier alpha value is -3.01. The van der Waals surface area contributed by atoms with E-state index in [1.54, 1.807) is 0 Å². The van der Waals surface area contributed by atoms with Gasteiger partial charge in [0.25, 0.3) is 0 Å². The molecule has 0 fully saturated rings. The van der Waals surface area contributed by atoms with Crippen molar-refractivity contribution < 1.29 is 4.84 Å². The summed E-state index contributed by atoms with van der Waals surface area (Å²) in [4.78, 5) is 5.75. The van der Waals surface area contributed by atoms with Gasteiger partial charge in [0.15, 0.2) is 0 Å². The van der Waals surface area contributed by atoms with E-state index in [-0.39, 0.29) is 0 Å². The van der Waals surface area contributed by atoms with Crippen molar-refractivity contribution in [1.29, 1.82) is 0 Å². The lowest BCUT2D eigenvalue weighted by molar-refractivity contribution is 0.130. The van der Waals surface area contributed by atoms with Crippen LogP contribution in [-0.2, 0) is 17.9 Å². The average Bonchev–Trinajstić information content (AvgIpc) is 3.22. The lowest BCUT2D eigenvalue weighted by Crippen LogP contribution is -2.14. The first-order valence-corrected chi connectivity index (χ1v) is 11.4. The van der Waals surface area contributed by atoms with E-state index >= 15 is 0 Å². The number of benzene rings is 3. The van der Waals surface area contributed by atoms with E-state index in [1.165, 1.54) is 11.3 Å². The first kappa shape index (κ1) is 20.9. The van der Waals surface area contributed by atoms with Gasteiger partial charge in [-0.15, -0.1) is 0 Å². The Balaban J connectivity index is 1.53. The summed E-state index contributed by atoms with van der Waals surface area (Å²) >= 11 is 12.1. The monoisotopic (exact) mass is 460 g/mol. The van der Waals surface area contributed by atoms with Crippen molar-refractivity contribution in [3.05, 3.63) is 112 Å². The minimum Gasteiger partial charge on any atom is -0.391 e. The molecular weight excluding hydrogens is 439 g/mol. The predicted molar refractivity (Wildman–Crippen MR) is 132 cm³/mol. The van der Waals surface area contributed by atoms with Gasteiger partial charge in [0.2, 0.25) is 0 Å². The fourth-order valence-corrected chi connectivity index (χ4v) is 4.42. The zero-order chi connectivity index (χ0) is 21.9. The number of hydrogen-bond donors (Lipinski definition) is 0. The highest BCUT2D eigenvalue weighted by Crippen LogP contribution is 2.34. The highest BCUT2D eigenvalue weighted by molar-refractivity contribution is 6.30. The number of oxime groups is 1. The van der Waals surface area contributed by atoms with E-state index in [4.69, 9.17) is 28.0 Å². The van der Waals surface area contributed by atoms with Gasteiger partial charge in [-0.25, -0.2) is 0 Å². The van der Waals surface area contributed by atoms with Crippen LogP contribution in [0.15, 0.2) is 90.1 Å². The second kappa shape index (κ2) is 9.23. The summed E-state index contributed by atoms with van der Waals surface area (Å²) in [6.45, 7) is 0.416. The quantitative estimate of drug-likeness (QED) is 0.280. The maximum atomic E-state index is 6.16.